The molecule has 0 saturated carbocycles. The van der Waals surface area contributed by atoms with Crippen molar-refractivity contribution in [2.24, 2.45) is 0 Å². The molecule has 1 fully saturated rings. The summed E-state index contributed by atoms with van der Waals surface area (Å²) < 4.78 is 5.52. The van der Waals surface area contributed by atoms with Gasteiger partial charge in [0.05, 0.1) is 12.6 Å². The quantitative estimate of drug-likeness (QED) is 0.426. The molecular weight excluding hydrogens is 456 g/mol. The number of anilines is 3. The van der Waals surface area contributed by atoms with E-state index in [1.807, 2.05) is 30.3 Å². The van der Waals surface area contributed by atoms with Crippen LogP contribution in [-0.4, -0.2) is 50.6 Å². The van der Waals surface area contributed by atoms with Crippen LogP contribution in [0.4, 0.5) is 17.1 Å². The van der Waals surface area contributed by atoms with Gasteiger partial charge in [0, 0.05) is 48.4 Å². The Labute approximate surface area is 210 Å². The van der Waals surface area contributed by atoms with Crippen molar-refractivity contribution in [2.45, 2.75) is 18.9 Å². The monoisotopic (exact) mass is 486 g/mol. The second kappa shape index (κ2) is 12.0. The largest absolute Gasteiger partial charge is 0.376 e. The highest BCUT2D eigenvalue weighted by atomic mass is 16.5. The summed E-state index contributed by atoms with van der Waals surface area (Å²) >= 11 is 0. The maximum Gasteiger partial charge on any atom is 0.258 e. The summed E-state index contributed by atoms with van der Waals surface area (Å²) in [7, 11) is 1.73. The Morgan fingerprint density at radius 3 is 2.42 bits per heavy atom. The van der Waals surface area contributed by atoms with Crippen molar-refractivity contribution < 1.29 is 19.1 Å². The molecule has 4 rings (SSSR count). The molecule has 0 bridgehead atoms. The van der Waals surface area contributed by atoms with E-state index in [-0.39, 0.29) is 30.4 Å². The molecular formula is C28H30N4O4. The Balaban J connectivity index is 1.26. The average molecular weight is 487 g/mol. The van der Waals surface area contributed by atoms with Crippen LogP contribution < -0.4 is 20.9 Å². The molecule has 8 nitrogen and oxygen atoms in total. The van der Waals surface area contributed by atoms with Gasteiger partial charge in [0.25, 0.3) is 11.8 Å². The molecule has 1 heterocycles. The summed E-state index contributed by atoms with van der Waals surface area (Å²) in [5.74, 6) is -0.560. The molecule has 186 valence electrons. The van der Waals surface area contributed by atoms with Gasteiger partial charge in [-0.1, -0.05) is 24.3 Å². The minimum absolute atomic E-state index is 0.0236. The minimum Gasteiger partial charge on any atom is -0.376 e. The van der Waals surface area contributed by atoms with Crippen molar-refractivity contribution in [3.63, 3.8) is 0 Å². The third-order valence-corrected chi connectivity index (χ3v) is 5.96. The molecule has 3 aromatic carbocycles. The zero-order chi connectivity index (χ0) is 25.3. The number of nitrogens with one attached hydrogen (secondary N) is 3. The Hall–Kier alpha value is -4.17. The zero-order valence-electron chi connectivity index (χ0n) is 20.2. The number of amides is 3. The minimum atomic E-state index is -0.247. The summed E-state index contributed by atoms with van der Waals surface area (Å²) in [5.41, 5.74) is 3.08. The van der Waals surface area contributed by atoms with E-state index in [0.29, 0.717) is 29.0 Å². The highest BCUT2D eigenvalue weighted by Crippen LogP contribution is 2.18. The molecule has 0 radical (unpaired) electrons. The van der Waals surface area contributed by atoms with Crippen molar-refractivity contribution >= 4 is 34.8 Å². The Kier molecular flexibility index (Phi) is 8.31. The highest BCUT2D eigenvalue weighted by molar-refractivity contribution is 6.06. The van der Waals surface area contributed by atoms with E-state index in [0.717, 1.165) is 25.1 Å². The SMILES string of the molecule is CN(C(=O)c1cccc(NCC(=O)Nc2ccc(C(=O)NCC3CCCO3)cc2)c1)c1ccccc1. The molecule has 3 N–H and O–H groups in total. The van der Waals surface area contributed by atoms with Gasteiger partial charge in [0.1, 0.15) is 0 Å². The normalized spacial score (nSPS) is 14.6. The van der Waals surface area contributed by atoms with Crippen LogP contribution in [0.25, 0.3) is 0 Å². The van der Waals surface area contributed by atoms with Gasteiger partial charge in [-0.2, -0.15) is 0 Å². The van der Waals surface area contributed by atoms with E-state index < -0.39 is 0 Å². The molecule has 36 heavy (non-hydrogen) atoms. The van der Waals surface area contributed by atoms with Gasteiger partial charge < -0.3 is 25.6 Å². The maximum absolute atomic E-state index is 12.8. The number of carbonyl (C=O) groups excluding carboxylic acids is 3. The molecule has 3 amide bonds. The van der Waals surface area contributed by atoms with E-state index in [4.69, 9.17) is 4.74 Å². The van der Waals surface area contributed by atoms with Crippen LogP contribution in [0.2, 0.25) is 0 Å². The summed E-state index contributed by atoms with van der Waals surface area (Å²) in [5, 5.41) is 8.74. The fourth-order valence-corrected chi connectivity index (χ4v) is 3.93. The zero-order valence-corrected chi connectivity index (χ0v) is 20.2. The van der Waals surface area contributed by atoms with Gasteiger partial charge in [-0.15, -0.1) is 0 Å². The van der Waals surface area contributed by atoms with Gasteiger partial charge >= 0.3 is 0 Å². The molecule has 0 spiro atoms. The first kappa shape index (κ1) is 24.9. The molecule has 1 aliphatic rings. The van der Waals surface area contributed by atoms with Crippen LogP contribution in [0.1, 0.15) is 33.6 Å². The molecule has 0 aliphatic carbocycles. The van der Waals surface area contributed by atoms with Crippen molar-refractivity contribution in [3.8, 4) is 0 Å². The fraction of sp³-hybridized carbons (Fsp3) is 0.250. The Morgan fingerprint density at radius 2 is 1.69 bits per heavy atom. The summed E-state index contributed by atoms with van der Waals surface area (Å²) in [6.45, 7) is 1.27. The number of rotatable bonds is 9. The van der Waals surface area contributed by atoms with Crippen molar-refractivity contribution in [3.05, 3.63) is 90.0 Å². The van der Waals surface area contributed by atoms with Crippen molar-refractivity contribution in [1.82, 2.24) is 5.32 Å². The lowest BCUT2D eigenvalue weighted by atomic mass is 10.1. The fourth-order valence-electron chi connectivity index (χ4n) is 3.93. The van der Waals surface area contributed by atoms with E-state index in [9.17, 15) is 14.4 Å². The number of carbonyl (C=O) groups is 3. The third-order valence-electron chi connectivity index (χ3n) is 5.96. The summed E-state index contributed by atoms with van der Waals surface area (Å²) in [6.07, 6.45) is 2.08. The van der Waals surface area contributed by atoms with Crippen LogP contribution in [0.15, 0.2) is 78.9 Å². The van der Waals surface area contributed by atoms with Crippen molar-refractivity contribution in [2.75, 3.05) is 42.3 Å². The predicted octanol–water partition coefficient (Wildman–Crippen LogP) is 3.92. The number of hydrogen-bond donors (Lipinski definition) is 3. The molecule has 1 atom stereocenters. The molecule has 0 aromatic heterocycles. The van der Waals surface area contributed by atoms with Crippen LogP contribution in [-0.2, 0) is 9.53 Å². The maximum atomic E-state index is 12.8. The van der Waals surface area contributed by atoms with Gasteiger partial charge in [0.15, 0.2) is 0 Å². The first-order chi connectivity index (χ1) is 17.5. The van der Waals surface area contributed by atoms with Gasteiger partial charge in [-0.3, -0.25) is 14.4 Å². The van der Waals surface area contributed by atoms with Gasteiger partial charge in [0.2, 0.25) is 5.91 Å². The Bertz CT molecular complexity index is 1190. The molecule has 1 aliphatic heterocycles. The van der Waals surface area contributed by atoms with Gasteiger partial charge in [-0.05, 0) is 67.4 Å². The second-order valence-electron chi connectivity index (χ2n) is 8.60. The molecule has 1 saturated heterocycles. The lowest BCUT2D eigenvalue weighted by molar-refractivity contribution is -0.114. The van der Waals surface area contributed by atoms with Crippen molar-refractivity contribution in [1.29, 1.82) is 0 Å². The van der Waals surface area contributed by atoms with E-state index >= 15 is 0 Å². The molecule has 1 unspecified atom stereocenters. The standard InChI is InChI=1S/C28H30N4O4/c1-32(24-9-3-2-4-10-24)28(35)21-7-5-8-23(17-21)29-19-26(33)31-22-14-12-20(13-15-22)27(34)30-18-25-11-6-16-36-25/h2-5,7-10,12-15,17,25,29H,6,11,16,18-19H2,1H3,(H,30,34)(H,31,33). The predicted molar refractivity (Wildman–Crippen MR) is 140 cm³/mol. The van der Waals surface area contributed by atoms with Crippen LogP contribution in [0.5, 0.6) is 0 Å². The van der Waals surface area contributed by atoms with Crippen LogP contribution in [0, 0.1) is 0 Å². The molecule has 8 heteroatoms. The number of hydrogen-bond acceptors (Lipinski definition) is 5. The smallest absolute Gasteiger partial charge is 0.258 e. The first-order valence-corrected chi connectivity index (χ1v) is 12.0. The van der Waals surface area contributed by atoms with E-state index in [2.05, 4.69) is 16.0 Å². The highest BCUT2D eigenvalue weighted by Gasteiger charge is 2.17. The summed E-state index contributed by atoms with van der Waals surface area (Å²) in [6, 6.07) is 23.2. The first-order valence-electron chi connectivity index (χ1n) is 12.0. The lowest BCUT2D eigenvalue weighted by Gasteiger charge is -2.18. The average Bonchev–Trinajstić information content (AvgIpc) is 3.45. The topological polar surface area (TPSA) is 99.8 Å². The van der Waals surface area contributed by atoms with Crippen LogP contribution >= 0.6 is 0 Å². The summed E-state index contributed by atoms with van der Waals surface area (Å²) in [4.78, 5) is 39.2. The van der Waals surface area contributed by atoms with E-state index in [1.165, 1.54) is 0 Å². The van der Waals surface area contributed by atoms with Crippen LogP contribution in [0.3, 0.4) is 0 Å². The number of benzene rings is 3. The number of nitrogens with zero attached hydrogens (tertiary/aromatic N) is 1. The van der Waals surface area contributed by atoms with Gasteiger partial charge in [-0.25, -0.2) is 0 Å². The second-order valence-corrected chi connectivity index (χ2v) is 8.60. The lowest BCUT2D eigenvalue weighted by Crippen LogP contribution is -2.31. The number of ether oxygens (including phenoxy) is 1. The Morgan fingerprint density at radius 1 is 0.917 bits per heavy atom. The van der Waals surface area contributed by atoms with E-state index in [1.54, 1.807) is 60.5 Å². The third kappa shape index (κ3) is 6.70. The number of para-hydroxylation sites is 1. The molecule has 3 aromatic rings.